The van der Waals surface area contributed by atoms with Gasteiger partial charge in [0, 0.05) is 11.8 Å². The van der Waals surface area contributed by atoms with Gasteiger partial charge in [-0.15, -0.1) is 0 Å². The maximum atomic E-state index is 12.2. The molecule has 3 fully saturated rings. The van der Waals surface area contributed by atoms with Gasteiger partial charge in [0.05, 0.1) is 36.7 Å². The van der Waals surface area contributed by atoms with E-state index in [0.29, 0.717) is 6.42 Å². The minimum Gasteiger partial charge on any atom is -0.481 e. The molecule has 1 heterocycles. The fourth-order valence-corrected chi connectivity index (χ4v) is 4.67. The molecule has 0 amide bonds. The van der Waals surface area contributed by atoms with Crippen molar-refractivity contribution in [2.45, 2.75) is 85.5 Å². The summed E-state index contributed by atoms with van der Waals surface area (Å²) in [6, 6.07) is 0. The lowest BCUT2D eigenvalue weighted by molar-refractivity contribution is -0.169. The highest BCUT2D eigenvalue weighted by Gasteiger charge is 2.63. The molecular weight excluding hydrogens is 460 g/mol. The number of esters is 4. The molecule has 1 aliphatic heterocycles. The Kier molecular flexibility index (Phi) is 9.30. The number of rotatable bonds is 9. The summed E-state index contributed by atoms with van der Waals surface area (Å²) in [7, 11) is 1.30. The zero-order chi connectivity index (χ0) is 26.7. The zero-order valence-electron chi connectivity index (χ0n) is 21.6. The molecule has 2 saturated carbocycles. The minimum atomic E-state index is -0.959. The third-order valence-electron chi connectivity index (χ3n) is 7.57. The van der Waals surface area contributed by atoms with E-state index in [1.165, 1.54) is 7.11 Å². The molecule has 1 saturated heterocycles. The molecule has 2 aliphatic carbocycles. The van der Waals surface area contributed by atoms with Crippen LogP contribution >= 0.6 is 0 Å². The average molecular weight is 499 g/mol. The molecule has 0 aromatic carbocycles. The summed E-state index contributed by atoms with van der Waals surface area (Å²) in [6.45, 7) is 10.3. The molecule has 3 rings (SSSR count). The highest BCUT2D eigenvalue weighted by atomic mass is 16.6. The van der Waals surface area contributed by atoms with Gasteiger partial charge in [0.15, 0.2) is 0 Å². The van der Waals surface area contributed by atoms with Crippen LogP contribution in [-0.4, -0.2) is 60.4 Å². The number of carbonyl (C=O) groups excluding carboxylic acids is 4. The highest BCUT2D eigenvalue weighted by molar-refractivity contribution is 5.82. The number of carboxylic acid groups (broad SMARTS) is 1. The van der Waals surface area contributed by atoms with Crippen LogP contribution in [0, 0.1) is 35.0 Å². The van der Waals surface area contributed by atoms with Crippen LogP contribution in [0.3, 0.4) is 0 Å². The van der Waals surface area contributed by atoms with Gasteiger partial charge in [-0.3, -0.25) is 24.0 Å². The van der Waals surface area contributed by atoms with E-state index in [-0.39, 0.29) is 48.3 Å². The van der Waals surface area contributed by atoms with E-state index < -0.39 is 41.3 Å². The van der Waals surface area contributed by atoms with Crippen LogP contribution in [0.5, 0.6) is 0 Å². The Hall–Kier alpha value is -2.65. The van der Waals surface area contributed by atoms with Crippen LogP contribution in [0.25, 0.3) is 0 Å². The first kappa shape index (κ1) is 28.6. The van der Waals surface area contributed by atoms with Crippen molar-refractivity contribution in [2.24, 2.45) is 35.0 Å². The molecule has 0 spiro atoms. The van der Waals surface area contributed by atoms with E-state index in [0.717, 1.165) is 12.8 Å². The van der Waals surface area contributed by atoms with E-state index in [1.807, 2.05) is 6.92 Å². The number of aliphatic carboxylic acids is 1. The maximum Gasteiger partial charge on any atom is 0.311 e. The average Bonchev–Trinajstić information content (AvgIpc) is 3.42. The lowest BCUT2D eigenvalue weighted by Crippen LogP contribution is -2.39. The standard InChI is InChI=1S/C15H20O6.C10H18O4/c1-6(13(16)19-3)7(2)14(17)20-11-8-4-9-10(5-8)15(18)21-12(9)11;1-5-10(3,4)9(13)14-7(2)6-8(11)12/h6-12H,4-5H2,1-3H3;7H,5-6H2,1-4H3,(H,11,12). The molecule has 3 aliphatic rings. The fraction of sp³-hybridized carbons (Fsp3) is 0.800. The first-order chi connectivity index (χ1) is 16.2. The van der Waals surface area contributed by atoms with Crippen molar-refractivity contribution in [3.8, 4) is 0 Å². The number of methoxy groups -OCH3 is 1. The minimum absolute atomic E-state index is 0.00127. The van der Waals surface area contributed by atoms with Gasteiger partial charge in [0.2, 0.25) is 0 Å². The van der Waals surface area contributed by atoms with Crippen molar-refractivity contribution in [3.63, 3.8) is 0 Å². The molecule has 0 aromatic heterocycles. The molecule has 35 heavy (non-hydrogen) atoms. The molecule has 0 aromatic rings. The highest BCUT2D eigenvalue weighted by Crippen LogP contribution is 2.55. The van der Waals surface area contributed by atoms with Crippen molar-refractivity contribution in [1.82, 2.24) is 0 Å². The lowest BCUT2D eigenvalue weighted by Gasteiger charge is -2.27. The predicted octanol–water partition coefficient (Wildman–Crippen LogP) is 2.75. The van der Waals surface area contributed by atoms with Crippen LogP contribution in [0.1, 0.15) is 67.2 Å². The molecule has 198 valence electrons. The number of hydrogen-bond acceptors (Lipinski definition) is 9. The second kappa shape index (κ2) is 11.4. The Bertz CT molecular complexity index is 834. The maximum absolute atomic E-state index is 12.2. The summed E-state index contributed by atoms with van der Waals surface area (Å²) in [5.74, 6) is -3.03. The monoisotopic (exact) mass is 498 g/mol. The van der Waals surface area contributed by atoms with Gasteiger partial charge >= 0.3 is 29.8 Å². The van der Waals surface area contributed by atoms with Crippen LogP contribution in [0.15, 0.2) is 0 Å². The molecule has 10 nitrogen and oxygen atoms in total. The van der Waals surface area contributed by atoms with Crippen LogP contribution < -0.4 is 0 Å². The topological polar surface area (TPSA) is 142 Å². The molecule has 8 atom stereocenters. The van der Waals surface area contributed by atoms with Gasteiger partial charge in [-0.25, -0.2) is 0 Å². The largest absolute Gasteiger partial charge is 0.481 e. The van der Waals surface area contributed by atoms with Crippen LogP contribution in [-0.2, 0) is 42.9 Å². The van der Waals surface area contributed by atoms with E-state index in [2.05, 4.69) is 4.74 Å². The molecule has 1 N–H and O–H groups in total. The van der Waals surface area contributed by atoms with Gasteiger partial charge in [0.25, 0.3) is 0 Å². The Morgan fingerprint density at radius 3 is 2.23 bits per heavy atom. The van der Waals surface area contributed by atoms with Crippen LogP contribution in [0.2, 0.25) is 0 Å². The molecular formula is C25H38O10. The van der Waals surface area contributed by atoms with E-state index in [9.17, 15) is 24.0 Å². The zero-order valence-corrected chi connectivity index (χ0v) is 21.6. The fourth-order valence-electron chi connectivity index (χ4n) is 4.67. The van der Waals surface area contributed by atoms with Crippen molar-refractivity contribution in [3.05, 3.63) is 0 Å². The van der Waals surface area contributed by atoms with Crippen molar-refractivity contribution >= 4 is 29.8 Å². The second-order valence-corrected chi connectivity index (χ2v) is 10.5. The third-order valence-corrected chi connectivity index (χ3v) is 7.57. The van der Waals surface area contributed by atoms with E-state index >= 15 is 0 Å². The predicted molar refractivity (Wildman–Crippen MR) is 122 cm³/mol. The summed E-state index contributed by atoms with van der Waals surface area (Å²) in [5.41, 5.74) is -0.535. The summed E-state index contributed by atoms with van der Waals surface area (Å²) in [5, 5.41) is 8.47. The molecule has 2 bridgehead atoms. The Labute approximate surface area is 206 Å². The van der Waals surface area contributed by atoms with Gasteiger partial charge in [-0.05, 0) is 40.0 Å². The number of hydrogen-bond donors (Lipinski definition) is 1. The van der Waals surface area contributed by atoms with Crippen molar-refractivity contribution in [1.29, 1.82) is 0 Å². The lowest BCUT2D eigenvalue weighted by atomic mass is 9.88. The summed E-state index contributed by atoms with van der Waals surface area (Å²) in [4.78, 5) is 57.2. The normalized spacial score (nSPS) is 28.7. The first-order valence-corrected chi connectivity index (χ1v) is 12.1. The Morgan fingerprint density at radius 2 is 1.69 bits per heavy atom. The molecule has 8 unspecified atom stereocenters. The van der Waals surface area contributed by atoms with Crippen molar-refractivity contribution in [2.75, 3.05) is 7.11 Å². The number of carboxylic acids is 1. The number of ether oxygens (including phenoxy) is 4. The summed E-state index contributed by atoms with van der Waals surface area (Å²) in [6.07, 6.45) is 0.963. The summed E-state index contributed by atoms with van der Waals surface area (Å²) >= 11 is 0. The summed E-state index contributed by atoms with van der Waals surface area (Å²) < 4.78 is 20.6. The van der Waals surface area contributed by atoms with E-state index in [1.54, 1.807) is 34.6 Å². The SMILES string of the molecule is CCC(C)(C)C(=O)OC(C)CC(=O)O.COC(=O)C(C)C(C)C(=O)OC1C2CC3C(=O)OC1C3C2. The van der Waals surface area contributed by atoms with Gasteiger partial charge in [-0.1, -0.05) is 20.8 Å². The van der Waals surface area contributed by atoms with Gasteiger partial charge in [0.1, 0.15) is 18.3 Å². The number of fused-ring (bicyclic) bond motifs is 1. The smallest absolute Gasteiger partial charge is 0.311 e. The first-order valence-electron chi connectivity index (χ1n) is 12.1. The van der Waals surface area contributed by atoms with Gasteiger partial charge < -0.3 is 24.1 Å². The van der Waals surface area contributed by atoms with E-state index in [4.69, 9.17) is 19.3 Å². The molecule has 0 radical (unpaired) electrons. The Morgan fingerprint density at radius 1 is 1.09 bits per heavy atom. The van der Waals surface area contributed by atoms with Crippen LogP contribution in [0.4, 0.5) is 0 Å². The quantitative estimate of drug-likeness (QED) is 0.372. The number of carbonyl (C=O) groups is 5. The Balaban J connectivity index is 0.000000271. The second-order valence-electron chi connectivity index (χ2n) is 10.5. The molecule has 10 heteroatoms. The van der Waals surface area contributed by atoms with Crippen molar-refractivity contribution < 1.29 is 48.0 Å². The van der Waals surface area contributed by atoms with Gasteiger partial charge in [-0.2, -0.15) is 0 Å². The third kappa shape index (κ3) is 6.52.